The lowest BCUT2D eigenvalue weighted by atomic mass is 9.90. The molecule has 0 amide bonds. The zero-order valence-corrected chi connectivity index (χ0v) is 13.4. The first kappa shape index (κ1) is 13.8. The van der Waals surface area contributed by atoms with Crippen molar-refractivity contribution in [3.8, 4) is 11.3 Å². The molecule has 106 valence electrons. The molecule has 2 aromatic rings. The van der Waals surface area contributed by atoms with Crippen molar-refractivity contribution in [2.45, 2.75) is 32.1 Å². The first-order valence-electron chi connectivity index (χ1n) is 7.24. The second kappa shape index (κ2) is 5.70. The Morgan fingerprint density at radius 3 is 2.75 bits per heavy atom. The fraction of sp³-hybridized carbons (Fsp3) is 0.438. The standard InChI is InChI=1S/C16H20BrN3/c1-20-14(8-9-18)19-15(16(20)17)13-7-6-11-4-2-3-5-12(11)10-13/h6-7,10H,2-5,8-9,18H2,1H3. The average Bonchev–Trinajstić information content (AvgIpc) is 2.76. The van der Waals surface area contributed by atoms with Crippen molar-refractivity contribution in [3.63, 3.8) is 0 Å². The van der Waals surface area contributed by atoms with Crippen LogP contribution < -0.4 is 5.73 Å². The quantitative estimate of drug-likeness (QED) is 0.937. The number of hydrogen-bond donors (Lipinski definition) is 1. The Hall–Kier alpha value is -1.13. The Labute approximate surface area is 128 Å². The summed E-state index contributed by atoms with van der Waals surface area (Å²) in [6.45, 7) is 0.626. The Bertz CT molecular complexity index is 631. The molecule has 3 rings (SSSR count). The maximum atomic E-state index is 5.65. The summed E-state index contributed by atoms with van der Waals surface area (Å²) in [6.07, 6.45) is 5.85. The molecule has 0 saturated carbocycles. The Kier molecular flexibility index (Phi) is 3.94. The number of hydrogen-bond acceptors (Lipinski definition) is 2. The van der Waals surface area contributed by atoms with Gasteiger partial charge in [0, 0.05) is 19.0 Å². The third-order valence-electron chi connectivity index (χ3n) is 4.11. The molecule has 0 fully saturated rings. The number of aryl methyl sites for hydroxylation is 2. The van der Waals surface area contributed by atoms with Gasteiger partial charge < -0.3 is 10.3 Å². The van der Waals surface area contributed by atoms with Gasteiger partial charge in [-0.15, -0.1) is 0 Å². The highest BCUT2D eigenvalue weighted by Crippen LogP contribution is 2.31. The molecule has 4 heteroatoms. The zero-order valence-electron chi connectivity index (χ0n) is 11.8. The van der Waals surface area contributed by atoms with E-state index in [1.165, 1.54) is 42.4 Å². The number of nitrogens with zero attached hydrogens (tertiary/aromatic N) is 2. The predicted molar refractivity (Wildman–Crippen MR) is 85.7 cm³/mol. The van der Waals surface area contributed by atoms with Crippen LogP contribution >= 0.6 is 15.9 Å². The third-order valence-corrected chi connectivity index (χ3v) is 5.02. The summed E-state index contributed by atoms with van der Waals surface area (Å²) in [6, 6.07) is 6.78. The summed E-state index contributed by atoms with van der Waals surface area (Å²) in [7, 11) is 2.03. The first-order valence-corrected chi connectivity index (χ1v) is 8.03. The SMILES string of the molecule is Cn1c(CCN)nc(-c2ccc3c(c2)CCCC3)c1Br. The lowest BCUT2D eigenvalue weighted by Gasteiger charge is -2.16. The second-order valence-electron chi connectivity index (χ2n) is 5.46. The van der Waals surface area contributed by atoms with E-state index < -0.39 is 0 Å². The lowest BCUT2D eigenvalue weighted by Crippen LogP contribution is -2.07. The van der Waals surface area contributed by atoms with Crippen molar-refractivity contribution < 1.29 is 0 Å². The smallest absolute Gasteiger partial charge is 0.112 e. The van der Waals surface area contributed by atoms with Gasteiger partial charge in [-0.3, -0.25) is 0 Å². The Morgan fingerprint density at radius 1 is 1.25 bits per heavy atom. The van der Waals surface area contributed by atoms with Crippen molar-refractivity contribution in [2.24, 2.45) is 12.8 Å². The molecule has 1 aliphatic carbocycles. The summed E-state index contributed by atoms with van der Waals surface area (Å²) in [5.74, 6) is 1.03. The van der Waals surface area contributed by atoms with E-state index >= 15 is 0 Å². The molecule has 0 aliphatic heterocycles. The summed E-state index contributed by atoms with van der Waals surface area (Å²) in [4.78, 5) is 4.75. The van der Waals surface area contributed by atoms with Gasteiger partial charge in [-0.25, -0.2) is 4.98 Å². The van der Waals surface area contributed by atoms with E-state index in [4.69, 9.17) is 10.7 Å². The van der Waals surface area contributed by atoms with Gasteiger partial charge in [0.15, 0.2) is 0 Å². The molecule has 20 heavy (non-hydrogen) atoms. The number of nitrogens with two attached hydrogens (primary N) is 1. The Balaban J connectivity index is 2.02. The van der Waals surface area contributed by atoms with E-state index in [9.17, 15) is 0 Å². The summed E-state index contributed by atoms with van der Waals surface area (Å²) >= 11 is 3.66. The largest absolute Gasteiger partial charge is 0.330 e. The molecular formula is C16H20BrN3. The minimum atomic E-state index is 0.626. The van der Waals surface area contributed by atoms with Gasteiger partial charge in [0.1, 0.15) is 16.1 Å². The van der Waals surface area contributed by atoms with Gasteiger partial charge in [-0.2, -0.15) is 0 Å². The predicted octanol–water partition coefficient (Wildman–Crippen LogP) is 3.23. The van der Waals surface area contributed by atoms with Crippen LogP contribution in [0.1, 0.15) is 29.8 Å². The van der Waals surface area contributed by atoms with Gasteiger partial charge in [0.05, 0.1) is 0 Å². The van der Waals surface area contributed by atoms with E-state index in [0.717, 1.165) is 22.5 Å². The van der Waals surface area contributed by atoms with Crippen molar-refractivity contribution in [1.29, 1.82) is 0 Å². The number of imidazole rings is 1. The monoisotopic (exact) mass is 333 g/mol. The van der Waals surface area contributed by atoms with Crippen molar-refractivity contribution in [1.82, 2.24) is 9.55 Å². The van der Waals surface area contributed by atoms with Crippen LogP contribution in [-0.2, 0) is 26.3 Å². The number of fused-ring (bicyclic) bond motifs is 1. The van der Waals surface area contributed by atoms with E-state index in [-0.39, 0.29) is 0 Å². The maximum absolute atomic E-state index is 5.65. The summed E-state index contributed by atoms with van der Waals surface area (Å²) < 4.78 is 3.12. The van der Waals surface area contributed by atoms with Crippen LogP contribution in [0, 0.1) is 0 Å². The third kappa shape index (κ3) is 2.42. The molecule has 2 N–H and O–H groups in total. The highest BCUT2D eigenvalue weighted by Gasteiger charge is 2.16. The van der Waals surface area contributed by atoms with Crippen molar-refractivity contribution in [3.05, 3.63) is 39.8 Å². The average molecular weight is 334 g/mol. The molecule has 1 aliphatic rings. The molecule has 0 radical (unpaired) electrons. The van der Waals surface area contributed by atoms with Gasteiger partial charge in [-0.1, -0.05) is 12.1 Å². The molecule has 0 spiro atoms. The minimum absolute atomic E-state index is 0.626. The molecule has 0 saturated heterocycles. The fourth-order valence-corrected chi connectivity index (χ4v) is 3.46. The van der Waals surface area contributed by atoms with Crippen LogP contribution in [0.3, 0.4) is 0 Å². The topological polar surface area (TPSA) is 43.8 Å². The maximum Gasteiger partial charge on any atom is 0.112 e. The summed E-state index contributed by atoms with van der Waals surface area (Å²) in [5, 5.41) is 0. The van der Waals surface area contributed by atoms with Crippen LogP contribution in [0.15, 0.2) is 22.8 Å². The second-order valence-corrected chi connectivity index (χ2v) is 6.21. The molecule has 0 atom stereocenters. The van der Waals surface area contributed by atoms with E-state index in [0.29, 0.717) is 6.54 Å². The molecular weight excluding hydrogens is 314 g/mol. The summed E-state index contributed by atoms with van der Waals surface area (Å²) in [5.41, 5.74) is 10.9. The van der Waals surface area contributed by atoms with Crippen LogP contribution in [0.4, 0.5) is 0 Å². The number of benzene rings is 1. The van der Waals surface area contributed by atoms with E-state index in [1.807, 2.05) is 7.05 Å². The van der Waals surface area contributed by atoms with Gasteiger partial charge in [0.2, 0.25) is 0 Å². The molecule has 0 bridgehead atoms. The highest BCUT2D eigenvalue weighted by atomic mass is 79.9. The van der Waals surface area contributed by atoms with Gasteiger partial charge in [-0.05, 0) is 65.4 Å². The van der Waals surface area contributed by atoms with Crippen molar-refractivity contribution in [2.75, 3.05) is 6.54 Å². The van der Waals surface area contributed by atoms with Crippen molar-refractivity contribution >= 4 is 15.9 Å². The van der Waals surface area contributed by atoms with E-state index in [2.05, 4.69) is 38.7 Å². The lowest BCUT2D eigenvalue weighted by molar-refractivity contribution is 0.686. The molecule has 3 nitrogen and oxygen atoms in total. The number of rotatable bonds is 3. The normalized spacial score (nSPS) is 14.3. The Morgan fingerprint density at radius 2 is 2.00 bits per heavy atom. The fourth-order valence-electron chi connectivity index (χ4n) is 2.94. The van der Waals surface area contributed by atoms with Crippen LogP contribution in [0.2, 0.25) is 0 Å². The van der Waals surface area contributed by atoms with Crippen LogP contribution in [-0.4, -0.2) is 16.1 Å². The molecule has 0 unspecified atom stereocenters. The minimum Gasteiger partial charge on any atom is -0.330 e. The zero-order chi connectivity index (χ0) is 14.1. The highest BCUT2D eigenvalue weighted by molar-refractivity contribution is 9.10. The van der Waals surface area contributed by atoms with Crippen LogP contribution in [0.25, 0.3) is 11.3 Å². The van der Waals surface area contributed by atoms with Gasteiger partial charge >= 0.3 is 0 Å². The molecule has 1 aromatic heterocycles. The van der Waals surface area contributed by atoms with E-state index in [1.54, 1.807) is 0 Å². The van der Waals surface area contributed by atoms with Crippen LogP contribution in [0.5, 0.6) is 0 Å². The number of halogens is 1. The molecule has 1 aromatic carbocycles. The molecule has 1 heterocycles. The first-order chi connectivity index (χ1) is 9.70. The van der Waals surface area contributed by atoms with Gasteiger partial charge in [0.25, 0.3) is 0 Å². The number of aromatic nitrogens is 2.